The highest BCUT2D eigenvalue weighted by Gasteiger charge is 2.47. The lowest BCUT2D eigenvalue weighted by molar-refractivity contribution is 0.669. The van der Waals surface area contributed by atoms with Crippen LogP contribution >= 0.6 is 0 Å². The summed E-state index contributed by atoms with van der Waals surface area (Å²) in [5.74, 6) is 1.79. The molecular weight excluding hydrogens is 841 g/mol. The van der Waals surface area contributed by atoms with E-state index in [-0.39, 0.29) is 0 Å². The molecule has 0 unspecified atom stereocenters. The van der Waals surface area contributed by atoms with E-state index in [2.05, 4.69) is 229 Å². The number of fused-ring (bicyclic) bond motifs is 9. The summed E-state index contributed by atoms with van der Waals surface area (Å²) in [5.41, 5.74) is 16.7. The molecule has 3 aromatic heterocycles. The van der Waals surface area contributed by atoms with Crippen molar-refractivity contribution in [2.45, 2.75) is 5.41 Å². The fraction of sp³-hybridized carbons (Fsp3) is 0.0156. The number of furan rings is 1. The van der Waals surface area contributed by atoms with Gasteiger partial charge in [0.05, 0.1) is 16.4 Å². The topological polar surface area (TPSA) is 56.7 Å². The molecule has 10 aromatic carbocycles. The van der Waals surface area contributed by atoms with Crippen LogP contribution in [0.2, 0.25) is 0 Å². The van der Waals surface area contributed by atoms with Crippen LogP contribution in [-0.2, 0) is 5.41 Å². The Morgan fingerprint density at radius 2 is 0.899 bits per heavy atom. The lowest BCUT2D eigenvalue weighted by atomic mass is 9.67. The highest BCUT2D eigenvalue weighted by molar-refractivity contribution is 6.11. The summed E-state index contributed by atoms with van der Waals surface area (Å²) in [6, 6.07) is 86.2. The Labute approximate surface area is 398 Å². The summed E-state index contributed by atoms with van der Waals surface area (Å²) < 4.78 is 9.00. The molecule has 0 aliphatic heterocycles. The summed E-state index contributed by atoms with van der Waals surface area (Å²) in [5, 5.41) is 4.54. The Bertz CT molecular complexity index is 4080. The molecule has 0 saturated carbocycles. The van der Waals surface area contributed by atoms with Crippen molar-refractivity contribution in [2.24, 2.45) is 0 Å². The predicted octanol–water partition coefficient (Wildman–Crippen LogP) is 15.9. The van der Waals surface area contributed by atoms with Gasteiger partial charge >= 0.3 is 0 Å². The van der Waals surface area contributed by atoms with Crippen molar-refractivity contribution < 1.29 is 4.42 Å². The van der Waals surface area contributed by atoms with Crippen molar-refractivity contribution in [3.05, 3.63) is 265 Å². The third kappa shape index (κ3) is 6.00. The quantitative estimate of drug-likeness (QED) is 0.160. The van der Waals surface area contributed by atoms with Crippen LogP contribution in [0, 0.1) is 0 Å². The van der Waals surface area contributed by atoms with Gasteiger partial charge in [0.15, 0.2) is 17.5 Å². The standard InChI is InChI=1S/C64H40N4O/c1-5-18-41(19-6-1)61-65-62(67-63(66-61)51-28-17-30-55-60(51)50-27-13-15-29-54(50)64(55,45-20-7-2-8-21-45)46-22-9-3-10-23-46)44-32-35-49-53-39-43(34-37-58(53)69-59(49)40-44)42-33-36-57-52(38-42)48-26-14-16-31-56(48)68(57)47-24-11-4-12-25-47/h1-40H. The maximum atomic E-state index is 6.65. The molecule has 0 atom stereocenters. The smallest absolute Gasteiger partial charge is 0.164 e. The van der Waals surface area contributed by atoms with E-state index < -0.39 is 5.41 Å². The number of para-hydroxylation sites is 2. The second kappa shape index (κ2) is 15.4. The highest BCUT2D eigenvalue weighted by Crippen LogP contribution is 2.58. The number of aromatic nitrogens is 4. The SMILES string of the molecule is c1ccc(-c2nc(-c3ccc4c(c3)oc3ccc(-c5ccc6c(c5)c5ccccc5n6-c5ccccc5)cc34)nc(-c3cccc4c3-c3ccccc3C4(c3ccccc3)c3ccccc3)n2)cc1. The molecule has 14 rings (SSSR count). The number of benzene rings is 10. The average Bonchev–Trinajstić information content (AvgIpc) is 4.07. The van der Waals surface area contributed by atoms with Crippen molar-refractivity contribution in [2.75, 3.05) is 0 Å². The van der Waals surface area contributed by atoms with Gasteiger partial charge in [0, 0.05) is 43.9 Å². The molecule has 13 aromatic rings. The number of hydrogen-bond donors (Lipinski definition) is 0. The van der Waals surface area contributed by atoms with Crippen molar-refractivity contribution in [1.82, 2.24) is 19.5 Å². The van der Waals surface area contributed by atoms with Gasteiger partial charge in [-0.1, -0.05) is 188 Å². The molecule has 1 aliphatic rings. The molecule has 5 heteroatoms. The van der Waals surface area contributed by atoms with Gasteiger partial charge in [-0.15, -0.1) is 0 Å². The normalized spacial score (nSPS) is 12.8. The Kier molecular flexibility index (Phi) is 8.73. The van der Waals surface area contributed by atoms with Crippen LogP contribution in [-0.4, -0.2) is 19.5 Å². The van der Waals surface area contributed by atoms with E-state index in [1.807, 2.05) is 18.2 Å². The van der Waals surface area contributed by atoms with Crippen LogP contribution in [0.15, 0.2) is 247 Å². The van der Waals surface area contributed by atoms with E-state index in [4.69, 9.17) is 19.4 Å². The van der Waals surface area contributed by atoms with Gasteiger partial charge in [0.1, 0.15) is 11.2 Å². The molecule has 0 radical (unpaired) electrons. The Balaban J connectivity index is 0.909. The van der Waals surface area contributed by atoms with Crippen LogP contribution in [0.3, 0.4) is 0 Å². The predicted molar refractivity (Wildman–Crippen MR) is 280 cm³/mol. The second-order valence-electron chi connectivity index (χ2n) is 17.9. The number of rotatable bonds is 7. The van der Waals surface area contributed by atoms with Gasteiger partial charge in [-0.2, -0.15) is 0 Å². The van der Waals surface area contributed by atoms with Crippen LogP contribution in [0.25, 0.3) is 106 Å². The van der Waals surface area contributed by atoms with E-state index >= 15 is 0 Å². The maximum Gasteiger partial charge on any atom is 0.164 e. The van der Waals surface area contributed by atoms with Crippen molar-refractivity contribution in [1.29, 1.82) is 0 Å². The van der Waals surface area contributed by atoms with Crippen molar-refractivity contribution in [3.8, 4) is 62.1 Å². The molecule has 0 fully saturated rings. The van der Waals surface area contributed by atoms with E-state index in [0.717, 1.165) is 61.0 Å². The zero-order valence-electron chi connectivity index (χ0n) is 37.3. The first kappa shape index (κ1) is 39.0. The van der Waals surface area contributed by atoms with Crippen molar-refractivity contribution >= 4 is 43.7 Å². The van der Waals surface area contributed by atoms with Gasteiger partial charge < -0.3 is 8.98 Å². The number of nitrogens with zero attached hydrogens (tertiary/aromatic N) is 4. The lowest BCUT2D eigenvalue weighted by Crippen LogP contribution is -2.28. The minimum atomic E-state index is -0.551. The summed E-state index contributed by atoms with van der Waals surface area (Å²) in [7, 11) is 0. The average molecular weight is 881 g/mol. The first-order chi connectivity index (χ1) is 34.2. The van der Waals surface area contributed by atoms with Gasteiger partial charge in [0.25, 0.3) is 0 Å². The molecule has 5 nitrogen and oxygen atoms in total. The third-order valence-corrected chi connectivity index (χ3v) is 14.1. The molecule has 0 saturated heterocycles. The van der Waals surface area contributed by atoms with E-state index in [1.165, 1.54) is 49.6 Å². The summed E-state index contributed by atoms with van der Waals surface area (Å²) in [6.45, 7) is 0. The molecular formula is C64H40N4O. The highest BCUT2D eigenvalue weighted by atomic mass is 16.3. The summed E-state index contributed by atoms with van der Waals surface area (Å²) in [6.07, 6.45) is 0. The summed E-state index contributed by atoms with van der Waals surface area (Å²) >= 11 is 0. The van der Waals surface area contributed by atoms with Gasteiger partial charge in [0.2, 0.25) is 0 Å². The molecule has 0 bridgehead atoms. The Hall–Kier alpha value is -9.19. The van der Waals surface area contributed by atoms with E-state index in [9.17, 15) is 0 Å². The first-order valence-electron chi connectivity index (χ1n) is 23.4. The molecule has 3 heterocycles. The van der Waals surface area contributed by atoms with Crippen LogP contribution < -0.4 is 0 Å². The molecule has 0 amide bonds. The zero-order valence-corrected chi connectivity index (χ0v) is 37.3. The Morgan fingerprint density at radius 3 is 1.67 bits per heavy atom. The summed E-state index contributed by atoms with van der Waals surface area (Å²) in [4.78, 5) is 15.8. The zero-order chi connectivity index (χ0) is 45.5. The van der Waals surface area contributed by atoms with Crippen LogP contribution in [0.4, 0.5) is 0 Å². The molecule has 0 N–H and O–H groups in total. The van der Waals surface area contributed by atoms with E-state index in [0.29, 0.717) is 17.5 Å². The fourth-order valence-electron chi connectivity index (χ4n) is 11.1. The Morgan fingerprint density at radius 1 is 0.333 bits per heavy atom. The fourth-order valence-corrected chi connectivity index (χ4v) is 11.1. The second-order valence-corrected chi connectivity index (χ2v) is 17.9. The largest absolute Gasteiger partial charge is 0.456 e. The first-order valence-corrected chi connectivity index (χ1v) is 23.4. The van der Waals surface area contributed by atoms with Crippen LogP contribution in [0.1, 0.15) is 22.3 Å². The molecule has 0 spiro atoms. The minimum absolute atomic E-state index is 0.551. The molecule has 1 aliphatic carbocycles. The monoisotopic (exact) mass is 880 g/mol. The van der Waals surface area contributed by atoms with Crippen LogP contribution in [0.5, 0.6) is 0 Å². The minimum Gasteiger partial charge on any atom is -0.456 e. The van der Waals surface area contributed by atoms with E-state index in [1.54, 1.807) is 0 Å². The van der Waals surface area contributed by atoms with Crippen molar-refractivity contribution in [3.63, 3.8) is 0 Å². The van der Waals surface area contributed by atoms with Gasteiger partial charge in [-0.25, -0.2) is 15.0 Å². The molecule has 322 valence electrons. The molecule has 69 heavy (non-hydrogen) atoms. The van der Waals surface area contributed by atoms with Gasteiger partial charge in [-0.05, 0) is 99.1 Å². The number of hydrogen-bond acceptors (Lipinski definition) is 4. The maximum absolute atomic E-state index is 6.65. The van der Waals surface area contributed by atoms with Gasteiger partial charge in [-0.3, -0.25) is 0 Å². The lowest BCUT2D eigenvalue weighted by Gasteiger charge is -2.33. The third-order valence-electron chi connectivity index (χ3n) is 14.1.